The van der Waals surface area contributed by atoms with Gasteiger partial charge in [0.1, 0.15) is 17.3 Å². The van der Waals surface area contributed by atoms with Crippen LogP contribution in [0.3, 0.4) is 0 Å². The van der Waals surface area contributed by atoms with E-state index in [0.717, 1.165) is 12.8 Å². The zero-order valence-electron chi connectivity index (χ0n) is 19.6. The molecule has 4 aliphatic carbocycles. The molecule has 7 heteroatoms. The Morgan fingerprint density at radius 2 is 1.55 bits per heavy atom. The molecule has 4 saturated carbocycles. The van der Waals surface area contributed by atoms with Crippen molar-refractivity contribution < 1.29 is 34.4 Å². The van der Waals surface area contributed by atoms with Gasteiger partial charge < -0.3 is 24.8 Å². The topological polar surface area (TPSA) is 113 Å². The molecule has 31 heavy (non-hydrogen) atoms. The van der Waals surface area contributed by atoms with Crippen molar-refractivity contribution in [3.8, 4) is 0 Å². The predicted molar refractivity (Wildman–Crippen MR) is 112 cm³/mol. The Morgan fingerprint density at radius 3 is 2.13 bits per heavy atom. The summed E-state index contributed by atoms with van der Waals surface area (Å²) in [6, 6.07) is 0. The zero-order valence-corrected chi connectivity index (χ0v) is 19.6. The fraction of sp³-hybridized carbons (Fsp3) is 0.917. The average molecular weight is 439 g/mol. The lowest BCUT2D eigenvalue weighted by atomic mass is 9.59. The van der Waals surface area contributed by atoms with E-state index in [-0.39, 0.29) is 42.0 Å². The number of aliphatic hydroxyl groups is 3. The molecule has 4 fully saturated rings. The van der Waals surface area contributed by atoms with Crippen LogP contribution >= 0.6 is 0 Å². The highest BCUT2D eigenvalue weighted by atomic mass is 16.6. The number of ether oxygens (including phenoxy) is 2. The molecule has 2 bridgehead atoms. The van der Waals surface area contributed by atoms with Crippen molar-refractivity contribution in [2.45, 2.75) is 103 Å². The minimum atomic E-state index is -1.45. The van der Waals surface area contributed by atoms with Gasteiger partial charge in [0.25, 0.3) is 0 Å². The number of aliphatic hydroxyl groups excluding tert-OH is 2. The molecule has 0 aliphatic heterocycles. The molecule has 3 N–H and O–H groups in total. The van der Waals surface area contributed by atoms with Gasteiger partial charge in [-0.15, -0.1) is 0 Å². The summed E-state index contributed by atoms with van der Waals surface area (Å²) < 4.78 is 11.8. The summed E-state index contributed by atoms with van der Waals surface area (Å²) in [5.41, 5.74) is -3.71. The third-order valence-corrected chi connectivity index (χ3v) is 9.85. The summed E-state index contributed by atoms with van der Waals surface area (Å²) in [6.07, 6.45) is 0.466. The third-order valence-electron chi connectivity index (χ3n) is 9.85. The largest absolute Gasteiger partial charge is 0.461 e. The number of hydrogen-bond acceptors (Lipinski definition) is 7. The van der Waals surface area contributed by atoms with Crippen LogP contribution < -0.4 is 0 Å². The lowest BCUT2D eigenvalue weighted by Gasteiger charge is -2.48. The quantitative estimate of drug-likeness (QED) is 0.567. The Hall–Kier alpha value is -1.18. The molecule has 0 radical (unpaired) electrons. The lowest BCUT2D eigenvalue weighted by molar-refractivity contribution is -0.182. The van der Waals surface area contributed by atoms with Gasteiger partial charge in [-0.25, -0.2) is 0 Å². The van der Waals surface area contributed by atoms with Crippen LogP contribution in [0.4, 0.5) is 0 Å². The molecule has 176 valence electrons. The monoisotopic (exact) mass is 438 g/mol. The molecule has 0 heterocycles. The number of fused-ring (bicyclic) bond motifs is 2. The highest BCUT2D eigenvalue weighted by molar-refractivity contribution is 5.67. The maximum Gasteiger partial charge on any atom is 0.303 e. The number of hydrogen-bond donors (Lipinski definition) is 3. The Morgan fingerprint density at radius 1 is 0.935 bits per heavy atom. The molecule has 10 atom stereocenters. The van der Waals surface area contributed by atoms with E-state index < -0.39 is 40.3 Å². The highest BCUT2D eigenvalue weighted by Gasteiger charge is 2.74. The molecule has 0 unspecified atom stereocenters. The van der Waals surface area contributed by atoms with E-state index in [0.29, 0.717) is 12.8 Å². The van der Waals surface area contributed by atoms with Gasteiger partial charge in [-0.1, -0.05) is 20.8 Å². The van der Waals surface area contributed by atoms with E-state index in [9.17, 15) is 24.9 Å². The molecule has 4 rings (SSSR count). The predicted octanol–water partition coefficient (Wildman–Crippen LogP) is 2.19. The van der Waals surface area contributed by atoms with Gasteiger partial charge in [0.15, 0.2) is 0 Å². The van der Waals surface area contributed by atoms with E-state index >= 15 is 0 Å². The van der Waals surface area contributed by atoms with Gasteiger partial charge in [-0.3, -0.25) is 9.59 Å². The number of rotatable bonds is 2. The Labute approximate surface area is 184 Å². The first-order valence-corrected chi connectivity index (χ1v) is 11.7. The zero-order chi connectivity index (χ0) is 23.1. The normalized spacial score (nSPS) is 52.6. The molecule has 0 amide bonds. The van der Waals surface area contributed by atoms with Crippen molar-refractivity contribution in [2.24, 2.45) is 34.5 Å². The second-order valence-corrected chi connectivity index (χ2v) is 11.6. The van der Waals surface area contributed by atoms with Crippen LogP contribution in [0, 0.1) is 34.5 Å². The number of carbonyl (C=O) groups is 2. The fourth-order valence-electron chi connectivity index (χ4n) is 8.54. The summed E-state index contributed by atoms with van der Waals surface area (Å²) in [7, 11) is 0. The van der Waals surface area contributed by atoms with Gasteiger partial charge in [-0.2, -0.15) is 0 Å². The van der Waals surface area contributed by atoms with Crippen molar-refractivity contribution in [2.75, 3.05) is 0 Å². The first kappa shape index (κ1) is 23.0. The van der Waals surface area contributed by atoms with Crippen molar-refractivity contribution in [3.63, 3.8) is 0 Å². The summed E-state index contributed by atoms with van der Waals surface area (Å²) in [5, 5.41) is 34.2. The molecule has 1 spiro atoms. The standard InChI is InChI=1S/C24H38O7/c1-12-15-7-8-16-20(30-13(2)25)23(15,11-22(16,6)31-14(3)26)10-19(28)24(29)17(12)9-18(27)21(24,4)5/h12,15-20,27-29H,7-11H2,1-6H3/t12-,15-,16+,17-,18-,19+,20+,22+,23-,24-/m0/s1. The van der Waals surface area contributed by atoms with E-state index in [2.05, 4.69) is 6.92 Å². The molecular weight excluding hydrogens is 400 g/mol. The smallest absolute Gasteiger partial charge is 0.303 e. The van der Waals surface area contributed by atoms with Crippen LogP contribution in [0.25, 0.3) is 0 Å². The van der Waals surface area contributed by atoms with Crippen LogP contribution in [0.1, 0.15) is 73.6 Å². The molecular formula is C24H38O7. The highest BCUT2D eigenvalue weighted by Crippen LogP contribution is 2.70. The van der Waals surface area contributed by atoms with Crippen molar-refractivity contribution in [1.82, 2.24) is 0 Å². The van der Waals surface area contributed by atoms with Crippen molar-refractivity contribution >= 4 is 11.9 Å². The minimum Gasteiger partial charge on any atom is -0.461 e. The third kappa shape index (κ3) is 2.88. The Kier molecular flexibility index (Phi) is 5.12. The SMILES string of the molecule is CC(=O)O[C@@H]1[C@H]2CC[C@H]3[C@H](C)[C@@H]4C[C@H](O)C(C)(C)[C@@]4(O)[C@H](O)C[C@@]13C[C@@]2(C)OC(C)=O. The van der Waals surface area contributed by atoms with Crippen LogP contribution in [-0.4, -0.2) is 56.8 Å². The molecule has 7 nitrogen and oxygen atoms in total. The maximum atomic E-state index is 12.1. The van der Waals surface area contributed by atoms with Crippen molar-refractivity contribution in [1.29, 1.82) is 0 Å². The first-order valence-electron chi connectivity index (χ1n) is 11.7. The van der Waals surface area contributed by atoms with Crippen LogP contribution in [0.5, 0.6) is 0 Å². The second-order valence-electron chi connectivity index (χ2n) is 11.6. The molecule has 0 aromatic carbocycles. The van der Waals surface area contributed by atoms with Gasteiger partial charge in [0, 0.05) is 30.6 Å². The van der Waals surface area contributed by atoms with E-state index in [1.54, 1.807) is 0 Å². The van der Waals surface area contributed by atoms with E-state index in [1.165, 1.54) is 13.8 Å². The summed E-state index contributed by atoms with van der Waals surface area (Å²) >= 11 is 0. The lowest BCUT2D eigenvalue weighted by Crippen LogP contribution is -2.57. The molecule has 4 aliphatic rings. The number of esters is 2. The summed E-state index contributed by atoms with van der Waals surface area (Å²) in [6.45, 7) is 10.4. The van der Waals surface area contributed by atoms with Gasteiger partial charge >= 0.3 is 11.9 Å². The maximum absolute atomic E-state index is 12.1. The second kappa shape index (κ2) is 6.91. The summed E-state index contributed by atoms with van der Waals surface area (Å²) in [4.78, 5) is 24.1. The Bertz CT molecular complexity index is 780. The van der Waals surface area contributed by atoms with Crippen molar-refractivity contribution in [3.05, 3.63) is 0 Å². The first-order chi connectivity index (χ1) is 14.2. The summed E-state index contributed by atoms with van der Waals surface area (Å²) in [5.74, 6) is -1.11. The molecule has 0 aromatic heterocycles. The molecule has 0 aromatic rings. The van der Waals surface area contributed by atoms with Gasteiger partial charge in [0.2, 0.25) is 0 Å². The van der Waals surface area contributed by atoms with Gasteiger partial charge in [0.05, 0.1) is 12.2 Å². The van der Waals surface area contributed by atoms with Gasteiger partial charge in [-0.05, 0) is 56.8 Å². The van der Waals surface area contributed by atoms with Crippen LogP contribution in [-0.2, 0) is 19.1 Å². The van der Waals surface area contributed by atoms with E-state index in [4.69, 9.17) is 9.47 Å². The Balaban J connectivity index is 1.84. The number of carbonyl (C=O) groups excluding carboxylic acids is 2. The van der Waals surface area contributed by atoms with Crippen LogP contribution in [0.2, 0.25) is 0 Å². The fourth-order valence-corrected chi connectivity index (χ4v) is 8.54. The van der Waals surface area contributed by atoms with Crippen LogP contribution in [0.15, 0.2) is 0 Å². The molecule has 0 saturated heterocycles. The van der Waals surface area contributed by atoms with E-state index in [1.807, 2.05) is 20.8 Å². The minimum absolute atomic E-state index is 0.00254. The average Bonchev–Trinajstić information content (AvgIpc) is 2.86.